The molecule has 0 heterocycles. The van der Waals surface area contributed by atoms with Crippen LogP contribution in [0.25, 0.3) is 0 Å². The molecule has 0 aromatic heterocycles. The molecule has 0 bridgehead atoms. The lowest BCUT2D eigenvalue weighted by molar-refractivity contribution is -0.0837. The topological polar surface area (TPSA) is 49.7 Å². The van der Waals surface area contributed by atoms with Gasteiger partial charge in [-0.3, -0.25) is 0 Å². The maximum Gasteiger partial charge on any atom is 0.122 e. The molecule has 112 valence electrons. The molecule has 0 saturated heterocycles. The number of methoxy groups -OCH3 is 1. The van der Waals surface area contributed by atoms with Crippen LogP contribution in [-0.2, 0) is 6.42 Å². The summed E-state index contributed by atoms with van der Waals surface area (Å²) in [7, 11) is 1.62. The highest BCUT2D eigenvalue weighted by atomic mass is 79.9. The molecule has 1 aliphatic carbocycles. The van der Waals surface area contributed by atoms with E-state index in [4.69, 9.17) is 4.74 Å². The molecule has 1 atom stereocenters. The van der Waals surface area contributed by atoms with E-state index in [1.165, 1.54) is 0 Å². The van der Waals surface area contributed by atoms with Crippen LogP contribution >= 0.6 is 15.9 Å². The molecular formula is C16H23BrO3. The molecule has 1 saturated carbocycles. The lowest BCUT2D eigenvalue weighted by Gasteiger charge is -2.32. The predicted molar refractivity (Wildman–Crippen MR) is 83.1 cm³/mol. The number of rotatable bonds is 4. The van der Waals surface area contributed by atoms with Crippen molar-refractivity contribution in [2.45, 2.75) is 56.7 Å². The summed E-state index contributed by atoms with van der Waals surface area (Å²) in [6, 6.07) is 5.74. The average molecular weight is 343 g/mol. The van der Waals surface area contributed by atoms with Crippen LogP contribution in [0.3, 0.4) is 0 Å². The predicted octanol–water partition coefficient (Wildman–Crippen LogP) is 3.45. The van der Waals surface area contributed by atoms with Gasteiger partial charge in [-0.2, -0.15) is 0 Å². The summed E-state index contributed by atoms with van der Waals surface area (Å²) in [5, 5.41) is 21.2. The molecule has 0 amide bonds. The largest absolute Gasteiger partial charge is 0.496 e. The van der Waals surface area contributed by atoms with Crippen LogP contribution in [0, 0.1) is 0 Å². The van der Waals surface area contributed by atoms with Gasteiger partial charge in [0.15, 0.2) is 0 Å². The lowest BCUT2D eigenvalue weighted by Crippen LogP contribution is -2.43. The quantitative estimate of drug-likeness (QED) is 0.824. The Kier molecular flexibility index (Phi) is 5.47. The van der Waals surface area contributed by atoms with Crippen LogP contribution in [0.4, 0.5) is 0 Å². The Hall–Kier alpha value is -0.580. The average Bonchev–Trinajstić information content (AvgIpc) is 2.65. The van der Waals surface area contributed by atoms with Crippen LogP contribution in [0.5, 0.6) is 5.75 Å². The van der Waals surface area contributed by atoms with Crippen molar-refractivity contribution >= 4 is 15.9 Å². The van der Waals surface area contributed by atoms with Crippen molar-refractivity contribution in [1.29, 1.82) is 0 Å². The number of aliphatic hydroxyl groups is 2. The fraction of sp³-hybridized carbons (Fsp3) is 0.625. The molecule has 1 fully saturated rings. The lowest BCUT2D eigenvalue weighted by atomic mass is 9.85. The summed E-state index contributed by atoms with van der Waals surface area (Å²) >= 11 is 3.44. The van der Waals surface area contributed by atoms with Crippen LogP contribution in [-0.4, -0.2) is 29.0 Å². The maximum absolute atomic E-state index is 10.7. The SMILES string of the molecule is COc1ccc(Br)cc1CC(O)C1(O)CCCCCC1. The Morgan fingerprint density at radius 2 is 1.90 bits per heavy atom. The molecule has 1 unspecified atom stereocenters. The normalized spacial score (nSPS) is 20.2. The molecule has 20 heavy (non-hydrogen) atoms. The van der Waals surface area contributed by atoms with E-state index in [1.54, 1.807) is 7.11 Å². The van der Waals surface area contributed by atoms with E-state index in [0.29, 0.717) is 19.3 Å². The van der Waals surface area contributed by atoms with Gasteiger partial charge in [0, 0.05) is 10.9 Å². The van der Waals surface area contributed by atoms with Crippen molar-refractivity contribution in [3.8, 4) is 5.75 Å². The second kappa shape index (κ2) is 6.92. The first-order valence-electron chi connectivity index (χ1n) is 7.28. The van der Waals surface area contributed by atoms with Gasteiger partial charge in [0.2, 0.25) is 0 Å². The molecule has 1 aliphatic rings. The fourth-order valence-corrected chi connectivity index (χ4v) is 3.39. The zero-order chi connectivity index (χ0) is 14.6. The Morgan fingerprint density at radius 3 is 2.50 bits per heavy atom. The molecule has 1 aromatic rings. The number of ether oxygens (including phenoxy) is 1. The van der Waals surface area contributed by atoms with Gasteiger partial charge in [-0.25, -0.2) is 0 Å². The first-order chi connectivity index (χ1) is 9.55. The smallest absolute Gasteiger partial charge is 0.122 e. The summed E-state index contributed by atoms with van der Waals surface area (Å²) in [5.41, 5.74) is -0.0313. The first kappa shape index (κ1) is 15.8. The second-order valence-corrected chi connectivity index (χ2v) is 6.61. The van der Waals surface area contributed by atoms with Crippen molar-refractivity contribution in [2.75, 3.05) is 7.11 Å². The number of hydrogen-bond acceptors (Lipinski definition) is 3. The van der Waals surface area contributed by atoms with Gasteiger partial charge in [0.05, 0.1) is 18.8 Å². The van der Waals surface area contributed by atoms with Gasteiger partial charge in [-0.05, 0) is 36.6 Å². The number of aliphatic hydroxyl groups excluding tert-OH is 1. The third kappa shape index (κ3) is 3.74. The molecular weight excluding hydrogens is 320 g/mol. The van der Waals surface area contributed by atoms with E-state index in [-0.39, 0.29) is 0 Å². The van der Waals surface area contributed by atoms with Crippen molar-refractivity contribution in [1.82, 2.24) is 0 Å². The second-order valence-electron chi connectivity index (χ2n) is 5.69. The minimum atomic E-state index is -0.955. The number of halogens is 1. The summed E-state index contributed by atoms with van der Waals surface area (Å²) in [6.07, 6.45) is 5.31. The zero-order valence-electron chi connectivity index (χ0n) is 11.9. The van der Waals surface area contributed by atoms with Gasteiger partial charge >= 0.3 is 0 Å². The highest BCUT2D eigenvalue weighted by molar-refractivity contribution is 9.10. The maximum atomic E-state index is 10.7. The molecule has 0 radical (unpaired) electrons. The summed E-state index contributed by atoms with van der Waals surface area (Å²) in [5.74, 6) is 0.754. The first-order valence-corrected chi connectivity index (χ1v) is 8.07. The van der Waals surface area contributed by atoms with Crippen LogP contribution < -0.4 is 4.74 Å². The van der Waals surface area contributed by atoms with E-state index >= 15 is 0 Å². The minimum absolute atomic E-state index is 0.416. The zero-order valence-corrected chi connectivity index (χ0v) is 13.5. The number of benzene rings is 1. The van der Waals surface area contributed by atoms with Gasteiger partial charge in [-0.1, -0.05) is 41.6 Å². The standard InChI is InChI=1S/C16H23BrO3/c1-20-14-7-6-13(17)10-12(14)11-15(18)16(19)8-4-2-3-5-9-16/h6-7,10,15,18-19H,2-5,8-9,11H2,1H3. The summed E-state index contributed by atoms with van der Waals surface area (Å²) in [4.78, 5) is 0. The van der Waals surface area contributed by atoms with Crippen LogP contribution in [0.2, 0.25) is 0 Å². The van der Waals surface area contributed by atoms with E-state index in [9.17, 15) is 10.2 Å². The van der Waals surface area contributed by atoms with Gasteiger partial charge in [0.25, 0.3) is 0 Å². The molecule has 4 heteroatoms. The van der Waals surface area contributed by atoms with Gasteiger partial charge in [-0.15, -0.1) is 0 Å². The molecule has 0 aliphatic heterocycles. The van der Waals surface area contributed by atoms with Crippen molar-refractivity contribution in [2.24, 2.45) is 0 Å². The Balaban J connectivity index is 2.13. The fourth-order valence-electron chi connectivity index (χ4n) is 2.98. The Bertz CT molecular complexity index is 439. The van der Waals surface area contributed by atoms with Gasteiger partial charge < -0.3 is 14.9 Å². The van der Waals surface area contributed by atoms with Crippen LogP contribution in [0.1, 0.15) is 44.1 Å². The molecule has 2 N–H and O–H groups in total. The number of hydrogen-bond donors (Lipinski definition) is 2. The van der Waals surface area contributed by atoms with Crippen molar-refractivity contribution in [3.63, 3.8) is 0 Å². The molecule has 1 aromatic carbocycles. The molecule has 3 nitrogen and oxygen atoms in total. The van der Waals surface area contributed by atoms with Crippen molar-refractivity contribution < 1.29 is 14.9 Å². The minimum Gasteiger partial charge on any atom is -0.496 e. The Labute approximate surface area is 129 Å². The van der Waals surface area contributed by atoms with Crippen LogP contribution in [0.15, 0.2) is 22.7 Å². The van der Waals surface area contributed by atoms with Crippen molar-refractivity contribution in [3.05, 3.63) is 28.2 Å². The third-order valence-corrected chi connectivity index (χ3v) is 4.74. The van der Waals surface area contributed by atoms with Gasteiger partial charge in [0.1, 0.15) is 5.75 Å². The van der Waals surface area contributed by atoms with E-state index in [2.05, 4.69) is 15.9 Å². The van der Waals surface area contributed by atoms with E-state index in [1.807, 2.05) is 18.2 Å². The van der Waals surface area contributed by atoms with E-state index < -0.39 is 11.7 Å². The Morgan fingerprint density at radius 1 is 1.25 bits per heavy atom. The molecule has 0 spiro atoms. The highest BCUT2D eigenvalue weighted by Crippen LogP contribution is 2.33. The van der Waals surface area contributed by atoms with E-state index in [0.717, 1.165) is 41.5 Å². The monoisotopic (exact) mass is 342 g/mol. The third-order valence-electron chi connectivity index (χ3n) is 4.25. The summed E-state index contributed by atoms with van der Waals surface area (Å²) < 4.78 is 6.28. The molecule has 2 rings (SSSR count). The highest BCUT2D eigenvalue weighted by Gasteiger charge is 2.36. The summed E-state index contributed by atoms with van der Waals surface area (Å²) in [6.45, 7) is 0.